The minimum absolute atomic E-state index is 0.152. The molecule has 32 heavy (non-hydrogen) atoms. The lowest BCUT2D eigenvalue weighted by Crippen LogP contribution is -2.49. The highest BCUT2D eigenvalue weighted by molar-refractivity contribution is 7.89. The summed E-state index contributed by atoms with van der Waals surface area (Å²) in [5, 5.41) is 8.56. The number of anilines is 1. The minimum Gasteiger partial charge on any atom is -0.352 e. The summed E-state index contributed by atoms with van der Waals surface area (Å²) in [6.45, 7) is 3.21. The number of halogens is 3. The van der Waals surface area contributed by atoms with Gasteiger partial charge in [0, 0.05) is 31.7 Å². The van der Waals surface area contributed by atoms with E-state index in [2.05, 4.69) is 10.2 Å². The fourth-order valence-corrected chi connectivity index (χ4v) is 4.92. The first-order valence-electron chi connectivity index (χ1n) is 9.98. The lowest BCUT2D eigenvalue weighted by Gasteiger charge is -2.34. The third-order valence-corrected chi connectivity index (χ3v) is 7.29. The van der Waals surface area contributed by atoms with Crippen LogP contribution in [0.1, 0.15) is 11.1 Å². The molecular formula is C22H21F3N4O2S. The highest BCUT2D eigenvalue weighted by Gasteiger charge is 2.32. The second kappa shape index (κ2) is 8.51. The Hall–Kier alpha value is -2.98. The van der Waals surface area contributed by atoms with E-state index in [0.29, 0.717) is 18.9 Å². The van der Waals surface area contributed by atoms with Crippen LogP contribution in [0, 0.1) is 6.92 Å². The zero-order valence-corrected chi connectivity index (χ0v) is 18.1. The van der Waals surface area contributed by atoms with Gasteiger partial charge >= 0.3 is 6.18 Å². The standard InChI is InChI=1S/C22H21F3N4O2S/c1-16-2-4-17(5-3-16)20-10-11-21(27-26-20)28-12-14-29(15-13-28)32(30,31)19-8-6-18(7-9-19)22(23,24)25/h2-11H,12-15H2,1H3. The first-order chi connectivity index (χ1) is 15.1. The number of rotatable bonds is 4. The first-order valence-corrected chi connectivity index (χ1v) is 11.4. The van der Waals surface area contributed by atoms with E-state index in [9.17, 15) is 21.6 Å². The molecule has 0 saturated carbocycles. The molecule has 6 nitrogen and oxygen atoms in total. The van der Waals surface area contributed by atoms with Crippen molar-refractivity contribution < 1.29 is 21.6 Å². The van der Waals surface area contributed by atoms with Gasteiger partial charge in [0.05, 0.1) is 16.2 Å². The summed E-state index contributed by atoms with van der Waals surface area (Å²) >= 11 is 0. The molecule has 168 valence electrons. The van der Waals surface area contributed by atoms with Crippen LogP contribution in [0.3, 0.4) is 0 Å². The van der Waals surface area contributed by atoms with Crippen LogP contribution in [0.4, 0.5) is 19.0 Å². The Kier molecular flexibility index (Phi) is 5.91. The molecule has 3 aromatic rings. The van der Waals surface area contributed by atoms with Gasteiger partial charge in [0.2, 0.25) is 10.0 Å². The maximum absolute atomic E-state index is 12.8. The predicted octanol–water partition coefficient (Wildman–Crippen LogP) is 3.98. The van der Waals surface area contributed by atoms with Gasteiger partial charge in [0.25, 0.3) is 0 Å². The van der Waals surface area contributed by atoms with E-state index in [4.69, 9.17) is 0 Å². The molecule has 0 bridgehead atoms. The Labute approximate surface area is 184 Å². The highest BCUT2D eigenvalue weighted by atomic mass is 32.2. The van der Waals surface area contributed by atoms with Gasteiger partial charge in [-0.25, -0.2) is 8.42 Å². The van der Waals surface area contributed by atoms with E-state index < -0.39 is 21.8 Å². The summed E-state index contributed by atoms with van der Waals surface area (Å²) in [5.74, 6) is 0.646. The van der Waals surface area contributed by atoms with Crippen LogP contribution in [0.15, 0.2) is 65.6 Å². The first kappa shape index (κ1) is 22.2. The van der Waals surface area contributed by atoms with Gasteiger partial charge in [0.1, 0.15) is 0 Å². The third kappa shape index (κ3) is 4.61. The average molecular weight is 462 g/mol. The van der Waals surface area contributed by atoms with Gasteiger partial charge < -0.3 is 4.90 Å². The van der Waals surface area contributed by atoms with Crippen molar-refractivity contribution in [2.45, 2.75) is 18.0 Å². The van der Waals surface area contributed by atoms with Crippen LogP contribution >= 0.6 is 0 Å². The van der Waals surface area contributed by atoms with E-state index in [1.54, 1.807) is 0 Å². The molecule has 1 aromatic heterocycles. The number of aryl methyl sites for hydroxylation is 1. The minimum atomic E-state index is -4.51. The summed E-state index contributed by atoms with van der Waals surface area (Å²) in [4.78, 5) is 1.78. The third-order valence-electron chi connectivity index (χ3n) is 5.38. The van der Waals surface area contributed by atoms with Crippen molar-refractivity contribution in [3.05, 3.63) is 71.8 Å². The molecule has 1 aliphatic heterocycles. The molecule has 1 aliphatic rings. The van der Waals surface area contributed by atoms with Crippen LogP contribution in [0.25, 0.3) is 11.3 Å². The molecule has 0 aliphatic carbocycles. The Morgan fingerprint density at radius 1 is 0.812 bits per heavy atom. The van der Waals surface area contributed by atoms with Crippen molar-refractivity contribution in [1.82, 2.24) is 14.5 Å². The molecule has 0 unspecified atom stereocenters. The van der Waals surface area contributed by atoms with Crippen molar-refractivity contribution in [3.63, 3.8) is 0 Å². The van der Waals surface area contributed by atoms with Crippen LogP contribution < -0.4 is 4.90 Å². The molecule has 10 heteroatoms. The quantitative estimate of drug-likeness (QED) is 0.587. The Morgan fingerprint density at radius 2 is 1.44 bits per heavy atom. The summed E-state index contributed by atoms with van der Waals surface area (Å²) in [6, 6.07) is 15.2. The number of hydrogen-bond acceptors (Lipinski definition) is 5. The van der Waals surface area contributed by atoms with Crippen LogP contribution in [0.2, 0.25) is 0 Å². The van der Waals surface area contributed by atoms with Crippen LogP contribution in [-0.2, 0) is 16.2 Å². The normalized spacial score (nSPS) is 15.7. The fourth-order valence-electron chi connectivity index (χ4n) is 3.49. The van der Waals surface area contributed by atoms with Crippen LogP contribution in [-0.4, -0.2) is 49.1 Å². The molecule has 2 aromatic carbocycles. The van der Waals surface area contributed by atoms with Gasteiger partial charge in [-0.3, -0.25) is 0 Å². The van der Waals surface area contributed by atoms with E-state index in [0.717, 1.165) is 41.1 Å². The lowest BCUT2D eigenvalue weighted by atomic mass is 10.1. The van der Waals surface area contributed by atoms with E-state index in [-0.39, 0.29) is 18.0 Å². The molecule has 0 amide bonds. The molecule has 1 fully saturated rings. The molecule has 0 atom stereocenters. The van der Waals surface area contributed by atoms with Gasteiger partial charge in [-0.05, 0) is 43.3 Å². The number of sulfonamides is 1. The topological polar surface area (TPSA) is 66.4 Å². The largest absolute Gasteiger partial charge is 0.416 e. The molecule has 0 spiro atoms. The maximum Gasteiger partial charge on any atom is 0.416 e. The van der Waals surface area contributed by atoms with Crippen molar-refractivity contribution >= 4 is 15.8 Å². The van der Waals surface area contributed by atoms with Crippen molar-refractivity contribution in [2.24, 2.45) is 0 Å². The Morgan fingerprint density at radius 3 is 1.97 bits per heavy atom. The van der Waals surface area contributed by atoms with E-state index in [1.807, 2.05) is 48.2 Å². The highest BCUT2D eigenvalue weighted by Crippen LogP contribution is 2.30. The van der Waals surface area contributed by atoms with Gasteiger partial charge in [-0.1, -0.05) is 29.8 Å². The number of hydrogen-bond donors (Lipinski definition) is 0. The second-order valence-corrected chi connectivity index (χ2v) is 9.49. The van der Waals surface area contributed by atoms with Gasteiger partial charge in [-0.15, -0.1) is 10.2 Å². The van der Waals surface area contributed by atoms with Gasteiger partial charge in [0.15, 0.2) is 5.82 Å². The van der Waals surface area contributed by atoms with E-state index in [1.165, 1.54) is 4.31 Å². The second-order valence-electron chi connectivity index (χ2n) is 7.56. The molecule has 0 radical (unpaired) electrons. The predicted molar refractivity (Wildman–Crippen MR) is 115 cm³/mol. The average Bonchev–Trinajstić information content (AvgIpc) is 2.79. The molecule has 0 N–H and O–H groups in total. The molecule has 4 rings (SSSR count). The zero-order valence-electron chi connectivity index (χ0n) is 17.2. The maximum atomic E-state index is 12.8. The van der Waals surface area contributed by atoms with Crippen molar-refractivity contribution in [3.8, 4) is 11.3 Å². The summed E-state index contributed by atoms with van der Waals surface area (Å²) in [5.41, 5.74) is 1.98. The molecule has 1 saturated heterocycles. The number of alkyl halides is 3. The number of aromatic nitrogens is 2. The summed E-state index contributed by atoms with van der Waals surface area (Å²) < 4.78 is 65.1. The summed E-state index contributed by atoms with van der Waals surface area (Å²) in [6.07, 6.45) is -4.51. The van der Waals surface area contributed by atoms with Crippen molar-refractivity contribution in [1.29, 1.82) is 0 Å². The van der Waals surface area contributed by atoms with E-state index >= 15 is 0 Å². The number of benzene rings is 2. The number of piperazine rings is 1. The fraction of sp³-hybridized carbons (Fsp3) is 0.273. The van der Waals surface area contributed by atoms with Gasteiger partial charge in [-0.2, -0.15) is 17.5 Å². The summed E-state index contributed by atoms with van der Waals surface area (Å²) in [7, 11) is -3.87. The lowest BCUT2D eigenvalue weighted by molar-refractivity contribution is -0.137. The molecule has 2 heterocycles. The van der Waals surface area contributed by atoms with Crippen LogP contribution in [0.5, 0.6) is 0 Å². The Bertz CT molecular complexity index is 1170. The van der Waals surface area contributed by atoms with Crippen molar-refractivity contribution in [2.75, 3.05) is 31.1 Å². The zero-order chi connectivity index (χ0) is 22.9. The Balaban J connectivity index is 1.41. The number of nitrogens with zero attached hydrogens (tertiary/aromatic N) is 4. The monoisotopic (exact) mass is 462 g/mol. The smallest absolute Gasteiger partial charge is 0.352 e. The molecular weight excluding hydrogens is 441 g/mol. The SMILES string of the molecule is Cc1ccc(-c2ccc(N3CCN(S(=O)(=O)c4ccc(C(F)(F)F)cc4)CC3)nn2)cc1.